The van der Waals surface area contributed by atoms with Gasteiger partial charge in [0.1, 0.15) is 0 Å². The lowest BCUT2D eigenvalue weighted by Gasteiger charge is -2.27. The predicted octanol–water partition coefficient (Wildman–Crippen LogP) is 1.58. The summed E-state index contributed by atoms with van der Waals surface area (Å²) in [5, 5.41) is 6.84. The molecule has 2 rings (SSSR count). The molecule has 0 radical (unpaired) electrons. The van der Waals surface area contributed by atoms with E-state index in [0.717, 1.165) is 32.8 Å². The van der Waals surface area contributed by atoms with Gasteiger partial charge in [0.25, 0.3) is 0 Å². The summed E-state index contributed by atoms with van der Waals surface area (Å²) < 4.78 is 0. The third-order valence-corrected chi connectivity index (χ3v) is 3.22. The quantitative estimate of drug-likeness (QED) is 0.808. The molecule has 1 aliphatic rings. The normalized spacial score (nSPS) is 17.4. The topological polar surface area (TPSA) is 27.3 Å². The van der Waals surface area contributed by atoms with Gasteiger partial charge in [-0.3, -0.25) is 4.90 Å². The Bertz CT molecular complexity index is 343. The van der Waals surface area contributed by atoms with Crippen molar-refractivity contribution in [1.82, 2.24) is 10.2 Å². The molecule has 0 unspecified atom stereocenters. The molecule has 0 bridgehead atoms. The summed E-state index contributed by atoms with van der Waals surface area (Å²) in [6.45, 7) is 9.74. The van der Waals surface area contributed by atoms with E-state index in [0.29, 0.717) is 0 Å². The molecular formula is C13H21N3. The van der Waals surface area contributed by atoms with Gasteiger partial charge in [-0.2, -0.15) is 0 Å². The largest absolute Gasteiger partial charge is 0.372 e. The highest BCUT2D eigenvalue weighted by Crippen LogP contribution is 2.14. The molecule has 1 saturated heterocycles. The summed E-state index contributed by atoms with van der Waals surface area (Å²) in [4.78, 5) is 2.44. The first-order valence-electron chi connectivity index (χ1n) is 6.00. The van der Waals surface area contributed by atoms with Gasteiger partial charge in [0.15, 0.2) is 0 Å². The van der Waals surface area contributed by atoms with Gasteiger partial charge in [0.05, 0.1) is 6.67 Å². The van der Waals surface area contributed by atoms with Crippen molar-refractivity contribution in [2.24, 2.45) is 0 Å². The van der Waals surface area contributed by atoms with E-state index >= 15 is 0 Å². The molecule has 1 aromatic rings. The Hall–Kier alpha value is -1.06. The number of hydrogen-bond acceptors (Lipinski definition) is 3. The van der Waals surface area contributed by atoms with Crippen molar-refractivity contribution in [1.29, 1.82) is 0 Å². The van der Waals surface area contributed by atoms with Crippen LogP contribution in [0.4, 0.5) is 5.69 Å². The minimum atomic E-state index is 0.949. The zero-order valence-electron chi connectivity index (χ0n) is 10.2. The lowest BCUT2D eigenvalue weighted by molar-refractivity contribution is 0.256. The van der Waals surface area contributed by atoms with Crippen LogP contribution >= 0.6 is 0 Å². The van der Waals surface area contributed by atoms with Crippen molar-refractivity contribution >= 4 is 5.69 Å². The third kappa shape index (κ3) is 2.97. The molecule has 16 heavy (non-hydrogen) atoms. The SMILES string of the molecule is Cc1ccc(NCN2CCNCC2)cc1C. The molecule has 0 spiro atoms. The second-order valence-corrected chi connectivity index (χ2v) is 4.50. The first-order valence-corrected chi connectivity index (χ1v) is 6.00. The maximum atomic E-state index is 3.48. The van der Waals surface area contributed by atoms with E-state index < -0.39 is 0 Å². The van der Waals surface area contributed by atoms with Crippen molar-refractivity contribution in [3.05, 3.63) is 29.3 Å². The molecule has 1 aromatic carbocycles. The summed E-state index contributed by atoms with van der Waals surface area (Å²) >= 11 is 0. The lowest BCUT2D eigenvalue weighted by atomic mass is 10.1. The summed E-state index contributed by atoms with van der Waals surface area (Å²) in [6.07, 6.45) is 0. The molecule has 0 aliphatic carbocycles. The van der Waals surface area contributed by atoms with Crippen LogP contribution in [0.2, 0.25) is 0 Å². The van der Waals surface area contributed by atoms with Crippen LogP contribution in [-0.4, -0.2) is 37.7 Å². The van der Waals surface area contributed by atoms with Crippen LogP contribution in [0.1, 0.15) is 11.1 Å². The number of hydrogen-bond donors (Lipinski definition) is 2. The molecular weight excluding hydrogens is 198 g/mol. The average Bonchev–Trinajstić information content (AvgIpc) is 2.32. The smallest absolute Gasteiger partial charge is 0.0679 e. The Morgan fingerprint density at radius 3 is 2.62 bits per heavy atom. The maximum Gasteiger partial charge on any atom is 0.0679 e. The number of benzene rings is 1. The average molecular weight is 219 g/mol. The van der Waals surface area contributed by atoms with Crippen LogP contribution in [0.5, 0.6) is 0 Å². The van der Waals surface area contributed by atoms with Gasteiger partial charge in [-0.05, 0) is 37.1 Å². The summed E-state index contributed by atoms with van der Waals surface area (Å²) in [5.74, 6) is 0. The molecule has 1 aliphatic heterocycles. The van der Waals surface area contributed by atoms with Crippen molar-refractivity contribution in [2.45, 2.75) is 13.8 Å². The minimum Gasteiger partial charge on any atom is -0.372 e. The standard InChI is InChI=1S/C13H21N3/c1-11-3-4-13(9-12(11)2)15-10-16-7-5-14-6-8-16/h3-4,9,14-15H,5-8,10H2,1-2H3. The Balaban J connectivity index is 1.86. The van der Waals surface area contributed by atoms with Crippen LogP contribution in [0.15, 0.2) is 18.2 Å². The Labute approximate surface area is 97.8 Å². The van der Waals surface area contributed by atoms with Gasteiger partial charge in [-0.1, -0.05) is 6.07 Å². The zero-order chi connectivity index (χ0) is 11.4. The molecule has 0 amide bonds. The van der Waals surface area contributed by atoms with E-state index in [9.17, 15) is 0 Å². The first kappa shape index (κ1) is 11.4. The highest BCUT2D eigenvalue weighted by atomic mass is 15.3. The van der Waals surface area contributed by atoms with E-state index in [1.165, 1.54) is 16.8 Å². The Morgan fingerprint density at radius 2 is 1.94 bits per heavy atom. The van der Waals surface area contributed by atoms with Crippen molar-refractivity contribution < 1.29 is 0 Å². The van der Waals surface area contributed by atoms with Crippen LogP contribution in [0.3, 0.4) is 0 Å². The van der Waals surface area contributed by atoms with E-state index in [4.69, 9.17) is 0 Å². The maximum absolute atomic E-state index is 3.48. The van der Waals surface area contributed by atoms with Gasteiger partial charge >= 0.3 is 0 Å². The summed E-state index contributed by atoms with van der Waals surface area (Å²) in [6, 6.07) is 6.55. The fraction of sp³-hybridized carbons (Fsp3) is 0.538. The molecule has 88 valence electrons. The summed E-state index contributed by atoms with van der Waals surface area (Å²) in [5.41, 5.74) is 3.93. The number of anilines is 1. The van der Waals surface area contributed by atoms with Crippen LogP contribution in [0.25, 0.3) is 0 Å². The molecule has 0 saturated carbocycles. The molecule has 1 fully saturated rings. The van der Waals surface area contributed by atoms with Gasteiger partial charge in [0.2, 0.25) is 0 Å². The van der Waals surface area contributed by atoms with Crippen molar-refractivity contribution in [3.63, 3.8) is 0 Å². The Morgan fingerprint density at radius 1 is 1.19 bits per heavy atom. The van der Waals surface area contributed by atoms with Gasteiger partial charge in [0, 0.05) is 31.9 Å². The molecule has 3 nitrogen and oxygen atoms in total. The van der Waals surface area contributed by atoms with Gasteiger partial charge in [-0.25, -0.2) is 0 Å². The highest BCUT2D eigenvalue weighted by molar-refractivity contribution is 5.47. The molecule has 0 atom stereocenters. The van der Waals surface area contributed by atoms with E-state index in [-0.39, 0.29) is 0 Å². The number of piperazine rings is 1. The lowest BCUT2D eigenvalue weighted by Crippen LogP contribution is -2.45. The highest BCUT2D eigenvalue weighted by Gasteiger charge is 2.08. The fourth-order valence-electron chi connectivity index (χ4n) is 1.92. The third-order valence-electron chi connectivity index (χ3n) is 3.22. The zero-order valence-corrected chi connectivity index (χ0v) is 10.2. The minimum absolute atomic E-state index is 0.949. The number of aryl methyl sites for hydroxylation is 2. The van der Waals surface area contributed by atoms with Crippen molar-refractivity contribution in [3.8, 4) is 0 Å². The van der Waals surface area contributed by atoms with Crippen LogP contribution < -0.4 is 10.6 Å². The second kappa shape index (κ2) is 5.32. The van der Waals surface area contributed by atoms with Gasteiger partial charge < -0.3 is 10.6 Å². The predicted molar refractivity (Wildman–Crippen MR) is 68.8 cm³/mol. The van der Waals surface area contributed by atoms with Crippen LogP contribution in [-0.2, 0) is 0 Å². The summed E-state index contributed by atoms with van der Waals surface area (Å²) in [7, 11) is 0. The fourth-order valence-corrected chi connectivity index (χ4v) is 1.92. The van der Waals surface area contributed by atoms with Crippen molar-refractivity contribution in [2.75, 3.05) is 38.2 Å². The number of nitrogens with one attached hydrogen (secondary N) is 2. The van der Waals surface area contributed by atoms with E-state index in [2.05, 4.69) is 47.6 Å². The first-order chi connectivity index (χ1) is 7.75. The van der Waals surface area contributed by atoms with E-state index in [1.54, 1.807) is 0 Å². The number of nitrogens with zero attached hydrogens (tertiary/aromatic N) is 1. The molecule has 1 heterocycles. The molecule has 2 N–H and O–H groups in total. The number of rotatable bonds is 3. The Kier molecular flexibility index (Phi) is 3.80. The second-order valence-electron chi connectivity index (χ2n) is 4.50. The molecule has 3 heteroatoms. The molecule has 0 aromatic heterocycles. The monoisotopic (exact) mass is 219 g/mol. The van der Waals surface area contributed by atoms with Gasteiger partial charge in [-0.15, -0.1) is 0 Å². The van der Waals surface area contributed by atoms with Crippen LogP contribution in [0, 0.1) is 13.8 Å². The van der Waals surface area contributed by atoms with E-state index in [1.807, 2.05) is 0 Å².